The lowest BCUT2D eigenvalue weighted by molar-refractivity contribution is 0.0486. The van der Waals surface area contributed by atoms with E-state index < -0.39 is 0 Å². The topological polar surface area (TPSA) is 81.9 Å². The number of amides is 1. The first kappa shape index (κ1) is 20.5. The van der Waals surface area contributed by atoms with Crippen molar-refractivity contribution < 1.29 is 9.53 Å². The lowest BCUT2D eigenvalue weighted by Crippen LogP contribution is -2.44. The fourth-order valence-corrected chi connectivity index (χ4v) is 5.04. The van der Waals surface area contributed by atoms with Gasteiger partial charge in [0.2, 0.25) is 0 Å². The Bertz CT molecular complexity index is 1170. The van der Waals surface area contributed by atoms with Crippen molar-refractivity contribution in [2.24, 2.45) is 0 Å². The maximum atomic E-state index is 12.9. The molecule has 162 valence electrons. The van der Waals surface area contributed by atoms with Gasteiger partial charge in [-0.15, -0.1) is 11.3 Å². The zero-order valence-corrected chi connectivity index (χ0v) is 18.3. The third-order valence-corrected chi connectivity index (χ3v) is 6.97. The summed E-state index contributed by atoms with van der Waals surface area (Å²) in [6.45, 7) is 1.87. The molecule has 0 bridgehead atoms. The van der Waals surface area contributed by atoms with Crippen LogP contribution in [0.1, 0.15) is 28.2 Å². The summed E-state index contributed by atoms with van der Waals surface area (Å²) in [7, 11) is 0. The minimum absolute atomic E-state index is 0.0964. The van der Waals surface area contributed by atoms with E-state index in [0.717, 1.165) is 34.8 Å². The van der Waals surface area contributed by atoms with Gasteiger partial charge in [0.25, 0.3) is 5.91 Å². The largest absolute Gasteiger partial charge is 0.381 e. The molecule has 2 aromatic carbocycles. The SMILES string of the molecule is O=C(NCC1(c2nc(-c3ccccc3)cs2)CCOCC1)c1ccc(-n2cncn2)cc1. The fraction of sp³-hybridized carbons (Fsp3) is 0.250. The van der Waals surface area contributed by atoms with Crippen molar-refractivity contribution in [2.45, 2.75) is 18.3 Å². The van der Waals surface area contributed by atoms with Crippen molar-refractivity contribution in [3.05, 3.63) is 83.2 Å². The van der Waals surface area contributed by atoms with E-state index in [9.17, 15) is 4.79 Å². The summed E-state index contributed by atoms with van der Waals surface area (Å²) in [5.41, 5.74) is 3.34. The number of nitrogens with one attached hydrogen (secondary N) is 1. The molecule has 3 heterocycles. The van der Waals surface area contributed by atoms with Crippen LogP contribution in [0.2, 0.25) is 0 Å². The maximum absolute atomic E-state index is 12.9. The van der Waals surface area contributed by atoms with Crippen molar-refractivity contribution in [3.63, 3.8) is 0 Å². The molecule has 1 aliphatic heterocycles. The Labute approximate surface area is 190 Å². The molecule has 0 atom stereocenters. The highest BCUT2D eigenvalue weighted by molar-refractivity contribution is 7.10. The van der Waals surface area contributed by atoms with Crippen LogP contribution < -0.4 is 5.32 Å². The molecule has 1 saturated heterocycles. The molecule has 0 aliphatic carbocycles. The second-order valence-electron chi connectivity index (χ2n) is 7.87. The predicted octanol–water partition coefficient (Wildman–Crippen LogP) is 3.87. The van der Waals surface area contributed by atoms with Gasteiger partial charge in [0.15, 0.2) is 0 Å². The van der Waals surface area contributed by atoms with Crippen LogP contribution >= 0.6 is 11.3 Å². The Hall–Kier alpha value is -3.36. The molecule has 2 aromatic heterocycles. The lowest BCUT2D eigenvalue weighted by atomic mass is 9.80. The average molecular weight is 446 g/mol. The maximum Gasteiger partial charge on any atom is 0.251 e. The summed E-state index contributed by atoms with van der Waals surface area (Å²) in [5, 5.41) is 10.4. The molecule has 0 saturated carbocycles. The zero-order chi connectivity index (χ0) is 21.8. The minimum atomic E-state index is -0.216. The Morgan fingerprint density at radius 1 is 1.09 bits per heavy atom. The molecule has 32 heavy (non-hydrogen) atoms. The summed E-state index contributed by atoms with van der Waals surface area (Å²) in [5.74, 6) is -0.0964. The predicted molar refractivity (Wildman–Crippen MR) is 123 cm³/mol. The number of carbonyl (C=O) groups is 1. The monoisotopic (exact) mass is 445 g/mol. The van der Waals surface area contributed by atoms with Crippen LogP contribution in [-0.2, 0) is 10.2 Å². The Kier molecular flexibility index (Phi) is 5.79. The number of thiazole rings is 1. The molecule has 4 aromatic rings. The van der Waals surface area contributed by atoms with E-state index in [2.05, 4.69) is 32.9 Å². The third-order valence-electron chi connectivity index (χ3n) is 5.88. The molecule has 0 radical (unpaired) electrons. The first-order chi connectivity index (χ1) is 15.7. The van der Waals surface area contributed by atoms with Gasteiger partial charge in [0.05, 0.1) is 11.4 Å². The van der Waals surface area contributed by atoms with Gasteiger partial charge in [0, 0.05) is 41.7 Å². The van der Waals surface area contributed by atoms with Gasteiger partial charge in [-0.05, 0) is 37.1 Å². The molecule has 1 amide bonds. The van der Waals surface area contributed by atoms with Crippen LogP contribution in [0.5, 0.6) is 0 Å². The van der Waals surface area contributed by atoms with Crippen LogP contribution in [0.3, 0.4) is 0 Å². The number of hydrogen-bond acceptors (Lipinski definition) is 6. The molecule has 0 spiro atoms. The van der Waals surface area contributed by atoms with E-state index in [1.54, 1.807) is 34.5 Å². The van der Waals surface area contributed by atoms with Gasteiger partial charge >= 0.3 is 0 Å². The summed E-state index contributed by atoms with van der Waals surface area (Å²) >= 11 is 1.66. The van der Waals surface area contributed by atoms with Crippen molar-refractivity contribution in [1.29, 1.82) is 0 Å². The van der Waals surface area contributed by atoms with Crippen molar-refractivity contribution >= 4 is 17.2 Å². The van der Waals surface area contributed by atoms with Gasteiger partial charge in [-0.2, -0.15) is 5.10 Å². The van der Waals surface area contributed by atoms with Gasteiger partial charge in [0.1, 0.15) is 17.7 Å². The lowest BCUT2D eigenvalue weighted by Gasteiger charge is -2.35. The quantitative estimate of drug-likeness (QED) is 0.487. The number of carbonyl (C=O) groups excluding carboxylic acids is 1. The van der Waals surface area contributed by atoms with E-state index in [4.69, 9.17) is 9.72 Å². The second-order valence-corrected chi connectivity index (χ2v) is 8.72. The summed E-state index contributed by atoms with van der Waals surface area (Å²) in [4.78, 5) is 21.8. The van der Waals surface area contributed by atoms with E-state index >= 15 is 0 Å². The van der Waals surface area contributed by atoms with Crippen molar-refractivity contribution in [1.82, 2.24) is 25.1 Å². The summed E-state index contributed by atoms with van der Waals surface area (Å²) < 4.78 is 7.29. The molecule has 8 heteroatoms. The molecule has 1 aliphatic rings. The average Bonchev–Trinajstić information content (AvgIpc) is 3.57. The molecule has 5 rings (SSSR count). The fourth-order valence-electron chi connectivity index (χ4n) is 3.95. The molecule has 1 fully saturated rings. The highest BCUT2D eigenvalue weighted by atomic mass is 32.1. The standard InChI is InChI=1S/C24H23N5O2S/c30-22(19-6-8-20(9-7-19)29-17-25-16-27-29)26-15-24(10-12-31-13-11-24)23-28-21(14-32-23)18-4-2-1-3-5-18/h1-9,14,16-17H,10-13,15H2,(H,26,30). The molecular formula is C24H23N5O2S. The number of rotatable bonds is 6. The minimum Gasteiger partial charge on any atom is -0.381 e. The van der Waals surface area contributed by atoms with E-state index in [1.807, 2.05) is 30.3 Å². The van der Waals surface area contributed by atoms with Crippen molar-refractivity contribution in [3.8, 4) is 16.9 Å². The summed E-state index contributed by atoms with van der Waals surface area (Å²) in [6.07, 6.45) is 4.78. The Balaban J connectivity index is 1.32. The number of hydrogen-bond donors (Lipinski definition) is 1. The van der Waals surface area contributed by atoms with E-state index in [0.29, 0.717) is 25.3 Å². The molecule has 0 unspecified atom stereocenters. The number of benzene rings is 2. The Morgan fingerprint density at radius 2 is 1.88 bits per heavy atom. The highest BCUT2D eigenvalue weighted by Gasteiger charge is 2.37. The normalized spacial score (nSPS) is 15.4. The van der Waals surface area contributed by atoms with Crippen LogP contribution in [0.4, 0.5) is 0 Å². The summed E-state index contributed by atoms with van der Waals surface area (Å²) in [6, 6.07) is 17.5. The van der Waals surface area contributed by atoms with E-state index in [1.165, 1.54) is 6.33 Å². The van der Waals surface area contributed by atoms with Gasteiger partial charge in [-0.25, -0.2) is 14.6 Å². The number of aromatic nitrogens is 4. The smallest absolute Gasteiger partial charge is 0.251 e. The van der Waals surface area contributed by atoms with Crippen LogP contribution in [0, 0.1) is 0 Å². The third kappa shape index (κ3) is 4.19. The van der Waals surface area contributed by atoms with Gasteiger partial charge in [-0.3, -0.25) is 4.79 Å². The highest BCUT2D eigenvalue weighted by Crippen LogP contribution is 2.38. The first-order valence-electron chi connectivity index (χ1n) is 10.6. The van der Waals surface area contributed by atoms with Crippen molar-refractivity contribution in [2.75, 3.05) is 19.8 Å². The van der Waals surface area contributed by atoms with Gasteiger partial charge in [-0.1, -0.05) is 30.3 Å². The van der Waals surface area contributed by atoms with Crippen LogP contribution in [-0.4, -0.2) is 45.4 Å². The number of nitrogens with zero attached hydrogens (tertiary/aromatic N) is 4. The first-order valence-corrected chi connectivity index (χ1v) is 11.4. The van der Waals surface area contributed by atoms with Crippen LogP contribution in [0.25, 0.3) is 16.9 Å². The number of ether oxygens (including phenoxy) is 1. The molecule has 1 N–H and O–H groups in total. The zero-order valence-electron chi connectivity index (χ0n) is 17.5. The Morgan fingerprint density at radius 3 is 2.59 bits per heavy atom. The second kappa shape index (κ2) is 9.02. The molecular weight excluding hydrogens is 422 g/mol. The van der Waals surface area contributed by atoms with Gasteiger partial charge < -0.3 is 10.1 Å². The van der Waals surface area contributed by atoms with E-state index in [-0.39, 0.29) is 11.3 Å². The van der Waals surface area contributed by atoms with Crippen LogP contribution in [0.15, 0.2) is 72.6 Å². The molecule has 7 nitrogen and oxygen atoms in total.